The summed E-state index contributed by atoms with van der Waals surface area (Å²) >= 11 is 1.51. The second-order valence-electron chi connectivity index (χ2n) is 5.48. The van der Waals surface area contributed by atoms with Gasteiger partial charge in [-0.2, -0.15) is 0 Å². The van der Waals surface area contributed by atoms with Crippen molar-refractivity contribution in [3.63, 3.8) is 0 Å². The van der Waals surface area contributed by atoms with Crippen LogP contribution in [0.4, 0.5) is 0 Å². The molecule has 5 nitrogen and oxygen atoms in total. The van der Waals surface area contributed by atoms with Crippen LogP contribution in [0.5, 0.6) is 0 Å². The summed E-state index contributed by atoms with van der Waals surface area (Å²) in [5, 5.41) is 3.73. The first-order valence-corrected chi connectivity index (χ1v) is 8.91. The summed E-state index contributed by atoms with van der Waals surface area (Å²) in [6.45, 7) is 4.87. The smallest absolute Gasteiger partial charge is 0.254 e. The average molecular weight is 343 g/mol. The van der Waals surface area contributed by atoms with Gasteiger partial charge in [-0.15, -0.1) is 0 Å². The van der Waals surface area contributed by atoms with E-state index in [2.05, 4.69) is 15.2 Å². The van der Waals surface area contributed by atoms with Crippen LogP contribution in [0, 0.1) is 0 Å². The highest BCUT2D eigenvalue weighted by molar-refractivity contribution is 7.99. The van der Waals surface area contributed by atoms with E-state index in [1.54, 1.807) is 12.3 Å². The predicted molar refractivity (Wildman–Crippen MR) is 94.4 cm³/mol. The third kappa shape index (κ3) is 4.80. The number of nitrogens with zero attached hydrogens (tertiary/aromatic N) is 2. The molecular weight excluding hydrogens is 322 g/mol. The summed E-state index contributed by atoms with van der Waals surface area (Å²) < 4.78 is 5.33. The van der Waals surface area contributed by atoms with E-state index in [0.29, 0.717) is 12.1 Å². The lowest BCUT2D eigenvalue weighted by Crippen LogP contribution is -2.41. The van der Waals surface area contributed by atoms with Gasteiger partial charge in [0.1, 0.15) is 5.03 Å². The minimum absolute atomic E-state index is 0.0743. The van der Waals surface area contributed by atoms with Gasteiger partial charge in [-0.3, -0.25) is 9.69 Å². The van der Waals surface area contributed by atoms with Gasteiger partial charge in [0.05, 0.1) is 18.8 Å². The van der Waals surface area contributed by atoms with Crippen molar-refractivity contribution in [2.45, 2.75) is 9.92 Å². The Labute approximate surface area is 146 Å². The maximum atomic E-state index is 12.5. The Morgan fingerprint density at radius 1 is 1.17 bits per heavy atom. The minimum atomic E-state index is -0.0743. The highest BCUT2D eigenvalue weighted by Crippen LogP contribution is 2.28. The number of hydrogen-bond acceptors (Lipinski definition) is 5. The number of rotatable bonds is 6. The van der Waals surface area contributed by atoms with Gasteiger partial charge in [0.2, 0.25) is 0 Å². The second-order valence-corrected chi connectivity index (χ2v) is 6.54. The van der Waals surface area contributed by atoms with E-state index in [1.807, 2.05) is 36.4 Å². The van der Waals surface area contributed by atoms with Gasteiger partial charge in [0.25, 0.3) is 5.91 Å². The zero-order chi connectivity index (χ0) is 16.6. The number of ether oxygens (including phenoxy) is 1. The van der Waals surface area contributed by atoms with Gasteiger partial charge in [-0.05, 0) is 24.3 Å². The van der Waals surface area contributed by atoms with Gasteiger partial charge in [-0.1, -0.05) is 30.0 Å². The number of nitrogens with one attached hydrogen (secondary N) is 1. The number of carbonyl (C=O) groups excluding carboxylic acids is 1. The SMILES string of the molecule is O=C(NCCN1CCOCC1)c1cccnc1Sc1ccccc1. The number of carbonyl (C=O) groups is 1. The van der Waals surface area contributed by atoms with Gasteiger partial charge < -0.3 is 10.1 Å². The van der Waals surface area contributed by atoms with Gasteiger partial charge >= 0.3 is 0 Å². The monoisotopic (exact) mass is 343 g/mol. The van der Waals surface area contributed by atoms with Crippen molar-refractivity contribution >= 4 is 17.7 Å². The highest BCUT2D eigenvalue weighted by Gasteiger charge is 2.14. The molecule has 1 amide bonds. The third-order valence-corrected chi connectivity index (χ3v) is 4.82. The molecule has 1 saturated heterocycles. The van der Waals surface area contributed by atoms with E-state index in [1.165, 1.54) is 11.8 Å². The number of morpholine rings is 1. The van der Waals surface area contributed by atoms with Crippen molar-refractivity contribution in [3.05, 3.63) is 54.2 Å². The molecule has 1 aliphatic rings. The molecule has 0 bridgehead atoms. The van der Waals surface area contributed by atoms with Crippen molar-refractivity contribution in [3.8, 4) is 0 Å². The molecule has 0 atom stereocenters. The molecule has 1 N–H and O–H groups in total. The molecule has 126 valence electrons. The van der Waals surface area contributed by atoms with E-state index in [0.717, 1.165) is 42.8 Å². The lowest BCUT2D eigenvalue weighted by Gasteiger charge is -2.26. The fraction of sp³-hybridized carbons (Fsp3) is 0.333. The highest BCUT2D eigenvalue weighted by atomic mass is 32.2. The van der Waals surface area contributed by atoms with Crippen LogP contribution in [-0.2, 0) is 4.74 Å². The van der Waals surface area contributed by atoms with Gasteiger partial charge in [0.15, 0.2) is 0 Å². The molecule has 0 unspecified atom stereocenters. The quantitative estimate of drug-likeness (QED) is 0.872. The van der Waals surface area contributed by atoms with E-state index >= 15 is 0 Å². The summed E-state index contributed by atoms with van der Waals surface area (Å²) in [5.41, 5.74) is 0.619. The molecule has 3 rings (SSSR count). The molecule has 6 heteroatoms. The van der Waals surface area contributed by atoms with E-state index in [-0.39, 0.29) is 5.91 Å². The van der Waals surface area contributed by atoms with Crippen molar-refractivity contribution in [1.82, 2.24) is 15.2 Å². The normalized spacial score (nSPS) is 15.2. The molecule has 0 saturated carbocycles. The maximum Gasteiger partial charge on any atom is 0.254 e. The van der Waals surface area contributed by atoms with Crippen molar-refractivity contribution in [1.29, 1.82) is 0 Å². The Morgan fingerprint density at radius 2 is 1.96 bits per heavy atom. The average Bonchev–Trinajstić information content (AvgIpc) is 2.64. The molecule has 1 aliphatic heterocycles. The molecule has 0 radical (unpaired) electrons. The number of benzene rings is 1. The maximum absolute atomic E-state index is 12.5. The van der Waals surface area contributed by atoms with Crippen LogP contribution in [0.2, 0.25) is 0 Å². The molecule has 2 heterocycles. The zero-order valence-electron chi connectivity index (χ0n) is 13.5. The van der Waals surface area contributed by atoms with Gasteiger partial charge in [-0.25, -0.2) is 4.98 Å². The van der Waals surface area contributed by atoms with E-state index < -0.39 is 0 Å². The van der Waals surface area contributed by atoms with E-state index in [4.69, 9.17) is 4.74 Å². The number of hydrogen-bond donors (Lipinski definition) is 1. The molecule has 1 fully saturated rings. The molecule has 0 spiro atoms. The first-order chi connectivity index (χ1) is 11.8. The van der Waals surface area contributed by atoms with Crippen LogP contribution in [0.3, 0.4) is 0 Å². The standard InChI is InChI=1S/C18H21N3O2S/c22-17(19-9-10-21-11-13-23-14-12-21)16-7-4-8-20-18(16)24-15-5-2-1-3-6-15/h1-8H,9-14H2,(H,19,22). The first-order valence-electron chi connectivity index (χ1n) is 8.09. The van der Waals surface area contributed by atoms with Crippen LogP contribution in [0.25, 0.3) is 0 Å². The van der Waals surface area contributed by atoms with E-state index in [9.17, 15) is 4.79 Å². The Kier molecular flexibility index (Phi) is 6.23. The summed E-state index contributed by atoms with van der Waals surface area (Å²) in [6, 6.07) is 13.6. The Morgan fingerprint density at radius 3 is 2.75 bits per heavy atom. The van der Waals surface area contributed by atoms with Crippen LogP contribution in [-0.4, -0.2) is 55.2 Å². The Hall–Kier alpha value is -1.89. The summed E-state index contributed by atoms with van der Waals surface area (Å²) in [5.74, 6) is -0.0743. The number of amides is 1. The Balaban J connectivity index is 1.58. The molecule has 24 heavy (non-hydrogen) atoms. The molecule has 1 aromatic heterocycles. The predicted octanol–water partition coefficient (Wildman–Crippen LogP) is 2.29. The first kappa shape index (κ1) is 17.0. The van der Waals surface area contributed by atoms with Crippen molar-refractivity contribution in [2.24, 2.45) is 0 Å². The van der Waals surface area contributed by atoms with Gasteiger partial charge in [0, 0.05) is 37.3 Å². The topological polar surface area (TPSA) is 54.5 Å². The van der Waals surface area contributed by atoms with Crippen molar-refractivity contribution in [2.75, 3.05) is 39.4 Å². The summed E-state index contributed by atoms with van der Waals surface area (Å²) in [6.07, 6.45) is 1.72. The molecular formula is C18H21N3O2S. The van der Waals surface area contributed by atoms with Crippen LogP contribution >= 0.6 is 11.8 Å². The molecule has 1 aromatic carbocycles. The fourth-order valence-electron chi connectivity index (χ4n) is 2.49. The summed E-state index contributed by atoms with van der Waals surface area (Å²) in [7, 11) is 0. The van der Waals surface area contributed by atoms with Crippen molar-refractivity contribution < 1.29 is 9.53 Å². The fourth-order valence-corrected chi connectivity index (χ4v) is 3.39. The third-order valence-electron chi connectivity index (χ3n) is 3.79. The lowest BCUT2D eigenvalue weighted by atomic mass is 10.2. The zero-order valence-corrected chi connectivity index (χ0v) is 14.3. The second kappa shape index (κ2) is 8.82. The molecule has 2 aromatic rings. The number of aromatic nitrogens is 1. The number of pyridine rings is 1. The minimum Gasteiger partial charge on any atom is -0.379 e. The molecule has 0 aliphatic carbocycles. The lowest BCUT2D eigenvalue weighted by molar-refractivity contribution is 0.0383. The van der Waals surface area contributed by atoms with Crippen LogP contribution in [0.15, 0.2) is 58.6 Å². The Bertz CT molecular complexity index is 660. The summed E-state index contributed by atoms with van der Waals surface area (Å²) in [4.78, 5) is 20.2. The largest absolute Gasteiger partial charge is 0.379 e. The van der Waals surface area contributed by atoms with Crippen LogP contribution < -0.4 is 5.32 Å². The van der Waals surface area contributed by atoms with Crippen LogP contribution in [0.1, 0.15) is 10.4 Å².